The number of ether oxygens (including phenoxy) is 1. The molecule has 0 saturated heterocycles. The number of aliphatic hydroxyl groups excluding tert-OH is 1. The van der Waals surface area contributed by atoms with E-state index in [1.165, 1.54) is 0 Å². The Bertz CT molecular complexity index is 278. The molecule has 0 aromatic heterocycles. The van der Waals surface area contributed by atoms with Gasteiger partial charge in [-0.2, -0.15) is 0 Å². The first-order chi connectivity index (χ1) is 7.38. The van der Waals surface area contributed by atoms with Crippen LogP contribution in [-0.4, -0.2) is 29.4 Å². The zero-order valence-corrected chi connectivity index (χ0v) is 10.2. The summed E-state index contributed by atoms with van der Waals surface area (Å²) in [5, 5.41) is 12.3. The summed E-state index contributed by atoms with van der Waals surface area (Å²) in [4.78, 5) is 11.3. The third kappa shape index (κ3) is 4.66. The Kier molecular flexibility index (Phi) is 4.35. The normalized spacial score (nSPS) is 17.9. The summed E-state index contributed by atoms with van der Waals surface area (Å²) in [7, 11) is 0. The first kappa shape index (κ1) is 13.0. The molecule has 0 fully saturated rings. The summed E-state index contributed by atoms with van der Waals surface area (Å²) < 4.78 is 5.07. The maximum Gasteiger partial charge on any atom is 0.407 e. The average molecular weight is 227 g/mol. The van der Waals surface area contributed by atoms with E-state index in [9.17, 15) is 9.90 Å². The molecule has 0 aromatic rings. The molecule has 4 heteroatoms. The molecule has 16 heavy (non-hydrogen) atoms. The van der Waals surface area contributed by atoms with Crippen LogP contribution in [-0.2, 0) is 4.74 Å². The molecule has 0 radical (unpaired) electrons. The van der Waals surface area contributed by atoms with Crippen molar-refractivity contribution in [2.75, 3.05) is 6.54 Å². The first-order valence-corrected chi connectivity index (χ1v) is 5.72. The predicted molar refractivity (Wildman–Crippen MR) is 62.2 cm³/mol. The molecular weight excluding hydrogens is 206 g/mol. The van der Waals surface area contributed by atoms with E-state index < -0.39 is 17.8 Å². The van der Waals surface area contributed by atoms with Gasteiger partial charge in [-0.15, -0.1) is 0 Å². The Morgan fingerprint density at radius 2 is 2.31 bits per heavy atom. The maximum absolute atomic E-state index is 11.3. The van der Waals surface area contributed by atoms with Crippen LogP contribution in [0.25, 0.3) is 0 Å². The summed E-state index contributed by atoms with van der Waals surface area (Å²) >= 11 is 0. The number of nitrogens with one attached hydrogen (secondary N) is 1. The number of carbonyl (C=O) groups is 1. The molecule has 1 rings (SSSR count). The Morgan fingerprint density at radius 1 is 1.62 bits per heavy atom. The Hall–Kier alpha value is -1.03. The molecule has 1 aliphatic carbocycles. The number of aliphatic hydroxyl groups is 1. The molecule has 2 N–H and O–H groups in total. The van der Waals surface area contributed by atoms with Gasteiger partial charge in [-0.05, 0) is 45.6 Å². The lowest BCUT2D eigenvalue weighted by Crippen LogP contribution is -2.37. The first-order valence-electron chi connectivity index (χ1n) is 5.72. The number of alkyl carbamates (subject to hydrolysis) is 1. The fourth-order valence-corrected chi connectivity index (χ4v) is 1.62. The smallest absolute Gasteiger partial charge is 0.407 e. The molecular formula is C12H21NO3. The van der Waals surface area contributed by atoms with E-state index >= 15 is 0 Å². The van der Waals surface area contributed by atoms with Gasteiger partial charge in [0.15, 0.2) is 0 Å². The topological polar surface area (TPSA) is 58.6 Å². The second kappa shape index (κ2) is 5.34. The summed E-state index contributed by atoms with van der Waals surface area (Å²) in [5.74, 6) is 0. The molecule has 0 saturated carbocycles. The second-order valence-corrected chi connectivity index (χ2v) is 5.07. The third-order valence-corrected chi connectivity index (χ3v) is 2.34. The predicted octanol–water partition coefficient (Wildman–Crippen LogP) is 1.98. The third-order valence-electron chi connectivity index (χ3n) is 2.34. The van der Waals surface area contributed by atoms with Crippen LogP contribution in [0.1, 0.15) is 40.0 Å². The van der Waals surface area contributed by atoms with Gasteiger partial charge < -0.3 is 15.2 Å². The van der Waals surface area contributed by atoms with E-state index in [1.54, 1.807) is 0 Å². The van der Waals surface area contributed by atoms with Crippen LogP contribution in [0.5, 0.6) is 0 Å². The SMILES string of the molecule is CC(C)(C)OC(=O)NCC(O)C1=CCCC1. The molecule has 0 aromatic carbocycles. The lowest BCUT2D eigenvalue weighted by Gasteiger charge is -2.20. The Labute approximate surface area is 96.7 Å². The van der Waals surface area contributed by atoms with Gasteiger partial charge in [0.25, 0.3) is 0 Å². The minimum Gasteiger partial charge on any atom is -0.444 e. The van der Waals surface area contributed by atoms with Gasteiger partial charge in [-0.1, -0.05) is 6.08 Å². The largest absolute Gasteiger partial charge is 0.444 e. The number of hydrogen-bond donors (Lipinski definition) is 2. The standard InChI is InChI=1S/C12H21NO3/c1-12(2,3)16-11(15)13-8-10(14)9-6-4-5-7-9/h6,10,14H,4-5,7-8H2,1-3H3,(H,13,15). The van der Waals surface area contributed by atoms with Crippen LogP contribution >= 0.6 is 0 Å². The van der Waals surface area contributed by atoms with Crippen molar-refractivity contribution in [1.82, 2.24) is 5.32 Å². The van der Waals surface area contributed by atoms with E-state index in [2.05, 4.69) is 5.32 Å². The van der Waals surface area contributed by atoms with Crippen LogP contribution < -0.4 is 5.32 Å². The van der Waals surface area contributed by atoms with E-state index in [0.29, 0.717) is 0 Å². The highest BCUT2D eigenvalue weighted by molar-refractivity contribution is 5.67. The van der Waals surface area contributed by atoms with Gasteiger partial charge in [0.05, 0.1) is 12.6 Å². The van der Waals surface area contributed by atoms with Crippen LogP contribution in [0, 0.1) is 0 Å². The fourth-order valence-electron chi connectivity index (χ4n) is 1.62. The van der Waals surface area contributed by atoms with Crippen molar-refractivity contribution in [1.29, 1.82) is 0 Å². The maximum atomic E-state index is 11.3. The van der Waals surface area contributed by atoms with Crippen molar-refractivity contribution in [3.63, 3.8) is 0 Å². The molecule has 1 amide bonds. The minimum atomic E-state index is -0.574. The number of amides is 1. The van der Waals surface area contributed by atoms with E-state index in [-0.39, 0.29) is 6.54 Å². The number of hydrogen-bond acceptors (Lipinski definition) is 3. The Morgan fingerprint density at radius 3 is 2.81 bits per heavy atom. The highest BCUT2D eigenvalue weighted by Gasteiger charge is 2.18. The molecule has 0 bridgehead atoms. The van der Waals surface area contributed by atoms with E-state index in [0.717, 1.165) is 24.8 Å². The lowest BCUT2D eigenvalue weighted by molar-refractivity contribution is 0.0502. The molecule has 0 spiro atoms. The molecule has 1 aliphatic rings. The number of rotatable bonds is 3. The molecule has 0 aliphatic heterocycles. The highest BCUT2D eigenvalue weighted by Crippen LogP contribution is 2.20. The van der Waals surface area contributed by atoms with Crippen molar-refractivity contribution in [2.24, 2.45) is 0 Å². The van der Waals surface area contributed by atoms with Crippen LogP contribution in [0.15, 0.2) is 11.6 Å². The van der Waals surface area contributed by atoms with Crippen molar-refractivity contribution in [3.8, 4) is 0 Å². The monoisotopic (exact) mass is 227 g/mol. The van der Waals surface area contributed by atoms with Gasteiger partial charge in [0, 0.05) is 0 Å². The van der Waals surface area contributed by atoms with Crippen molar-refractivity contribution >= 4 is 6.09 Å². The summed E-state index contributed by atoms with van der Waals surface area (Å²) in [6, 6.07) is 0. The molecule has 1 unspecified atom stereocenters. The van der Waals surface area contributed by atoms with Crippen LogP contribution in [0.3, 0.4) is 0 Å². The van der Waals surface area contributed by atoms with Crippen molar-refractivity contribution in [3.05, 3.63) is 11.6 Å². The highest BCUT2D eigenvalue weighted by atomic mass is 16.6. The number of allylic oxidation sites excluding steroid dienone is 1. The van der Waals surface area contributed by atoms with Gasteiger partial charge in [0.2, 0.25) is 0 Å². The van der Waals surface area contributed by atoms with Crippen molar-refractivity contribution in [2.45, 2.75) is 51.7 Å². The quantitative estimate of drug-likeness (QED) is 0.725. The summed E-state index contributed by atoms with van der Waals surface area (Å²) in [6.45, 7) is 5.65. The zero-order chi connectivity index (χ0) is 12.2. The molecule has 0 heterocycles. The van der Waals surface area contributed by atoms with Gasteiger partial charge in [0.1, 0.15) is 5.60 Å². The summed E-state index contributed by atoms with van der Waals surface area (Å²) in [5.41, 5.74) is 0.526. The minimum absolute atomic E-state index is 0.223. The van der Waals surface area contributed by atoms with Gasteiger partial charge in [-0.25, -0.2) is 4.79 Å². The molecule has 4 nitrogen and oxygen atoms in total. The zero-order valence-electron chi connectivity index (χ0n) is 10.2. The Balaban J connectivity index is 2.26. The lowest BCUT2D eigenvalue weighted by atomic mass is 10.1. The summed E-state index contributed by atoms with van der Waals surface area (Å²) in [6.07, 6.45) is 4.04. The second-order valence-electron chi connectivity index (χ2n) is 5.07. The van der Waals surface area contributed by atoms with E-state index in [4.69, 9.17) is 4.74 Å². The van der Waals surface area contributed by atoms with E-state index in [1.807, 2.05) is 26.8 Å². The van der Waals surface area contributed by atoms with Crippen molar-refractivity contribution < 1.29 is 14.6 Å². The molecule has 1 atom stereocenters. The van der Waals surface area contributed by atoms with Gasteiger partial charge >= 0.3 is 6.09 Å². The average Bonchev–Trinajstić information content (AvgIpc) is 2.64. The van der Waals surface area contributed by atoms with Crippen LogP contribution in [0.2, 0.25) is 0 Å². The fraction of sp³-hybridized carbons (Fsp3) is 0.750. The van der Waals surface area contributed by atoms with Gasteiger partial charge in [-0.3, -0.25) is 0 Å². The molecule has 92 valence electrons. The van der Waals surface area contributed by atoms with Crippen LogP contribution in [0.4, 0.5) is 4.79 Å². The number of carbonyl (C=O) groups excluding carboxylic acids is 1.